The molecule has 222 valence electrons. The Morgan fingerprint density at radius 2 is 0.857 bits per heavy atom. The third-order valence-electron chi connectivity index (χ3n) is 6.98. The van der Waals surface area contributed by atoms with Gasteiger partial charge in [0.1, 0.15) is 11.5 Å². The maximum atomic E-state index is 10.3. The van der Waals surface area contributed by atoms with E-state index in [2.05, 4.69) is 72.1 Å². The second-order valence-electron chi connectivity index (χ2n) is 10.3. The summed E-state index contributed by atoms with van der Waals surface area (Å²) in [5, 5.41) is 20.5. The summed E-state index contributed by atoms with van der Waals surface area (Å²) in [6, 6.07) is 32.9. The van der Waals surface area contributed by atoms with Gasteiger partial charge in [0.15, 0.2) is 0 Å². The zero-order valence-corrected chi connectivity index (χ0v) is 27.5. The number of thioether (sulfide) groups is 2. The molecule has 0 aliphatic rings. The number of phenols is 2. The molecule has 0 bridgehead atoms. The summed E-state index contributed by atoms with van der Waals surface area (Å²) in [7, 11) is 4.01. The summed E-state index contributed by atoms with van der Waals surface area (Å²) in [5.41, 5.74) is 7.13. The van der Waals surface area contributed by atoms with Gasteiger partial charge in [-0.3, -0.25) is 0 Å². The molecule has 0 amide bonds. The van der Waals surface area contributed by atoms with Crippen molar-refractivity contribution in [1.29, 1.82) is 0 Å². The molecular formula is C36H42O2S4. The molecule has 0 radical (unpaired) electrons. The highest BCUT2D eigenvalue weighted by atomic mass is 33.1. The Bertz CT molecular complexity index is 1210. The predicted molar refractivity (Wildman–Crippen MR) is 191 cm³/mol. The van der Waals surface area contributed by atoms with Crippen LogP contribution in [0.1, 0.15) is 46.2 Å². The minimum absolute atomic E-state index is 0.396. The summed E-state index contributed by atoms with van der Waals surface area (Å²) in [5.74, 6) is 7.98. The van der Waals surface area contributed by atoms with Crippen LogP contribution < -0.4 is 0 Å². The van der Waals surface area contributed by atoms with Crippen LogP contribution in [0.5, 0.6) is 11.5 Å². The third-order valence-corrected chi connectivity index (χ3v) is 12.0. The Hall–Kier alpha value is -2.12. The zero-order valence-electron chi connectivity index (χ0n) is 24.3. The van der Waals surface area contributed by atoms with Gasteiger partial charge in [0.05, 0.1) is 0 Å². The number of phenolic OH excluding ortho intramolecular Hbond substituents is 2. The Kier molecular flexibility index (Phi) is 15.0. The molecule has 0 aromatic heterocycles. The molecule has 0 aliphatic carbocycles. The van der Waals surface area contributed by atoms with Crippen LogP contribution in [0.4, 0.5) is 0 Å². The van der Waals surface area contributed by atoms with Crippen molar-refractivity contribution >= 4 is 45.1 Å². The van der Waals surface area contributed by atoms with Gasteiger partial charge in [0.25, 0.3) is 0 Å². The summed E-state index contributed by atoms with van der Waals surface area (Å²) < 4.78 is 0. The Morgan fingerprint density at radius 3 is 1.29 bits per heavy atom. The van der Waals surface area contributed by atoms with Gasteiger partial charge in [-0.25, -0.2) is 0 Å². The SMILES string of the molecule is Oc1ccc(CCCSCCSSCCSCCCc2ccc(O)c(Cc3ccccc3)c2)cc1Cc1ccccc1. The van der Waals surface area contributed by atoms with Crippen LogP contribution in [-0.2, 0) is 25.7 Å². The lowest BCUT2D eigenvalue weighted by atomic mass is 10.00. The highest BCUT2D eigenvalue weighted by Crippen LogP contribution is 2.26. The second-order valence-corrected chi connectivity index (χ2v) is 15.5. The van der Waals surface area contributed by atoms with Crippen molar-refractivity contribution in [3.8, 4) is 11.5 Å². The lowest BCUT2D eigenvalue weighted by Crippen LogP contribution is -1.94. The molecule has 4 aromatic rings. The van der Waals surface area contributed by atoms with Crippen LogP contribution in [-0.4, -0.2) is 44.7 Å². The summed E-state index contributed by atoms with van der Waals surface area (Å²) in [6.07, 6.45) is 6.03. The van der Waals surface area contributed by atoms with Gasteiger partial charge in [-0.15, -0.1) is 0 Å². The topological polar surface area (TPSA) is 40.5 Å². The van der Waals surface area contributed by atoms with Gasteiger partial charge in [-0.2, -0.15) is 23.5 Å². The normalized spacial score (nSPS) is 11.1. The maximum Gasteiger partial charge on any atom is 0.119 e. The first-order valence-corrected chi connectivity index (χ1v) is 19.6. The van der Waals surface area contributed by atoms with E-state index in [1.165, 1.54) is 69.6 Å². The van der Waals surface area contributed by atoms with E-state index in [0.29, 0.717) is 11.5 Å². The molecule has 0 saturated carbocycles. The first-order chi connectivity index (χ1) is 20.7. The minimum atomic E-state index is 0.396. The molecule has 0 fully saturated rings. The molecule has 4 aromatic carbocycles. The summed E-state index contributed by atoms with van der Waals surface area (Å²) >= 11 is 4.11. The van der Waals surface area contributed by atoms with Crippen molar-refractivity contribution in [2.45, 2.75) is 38.5 Å². The molecule has 0 spiro atoms. The number of hydrogen-bond acceptors (Lipinski definition) is 6. The van der Waals surface area contributed by atoms with Crippen LogP contribution >= 0.6 is 45.1 Å². The van der Waals surface area contributed by atoms with E-state index >= 15 is 0 Å². The highest BCUT2D eigenvalue weighted by Gasteiger charge is 2.06. The van der Waals surface area contributed by atoms with Crippen LogP contribution in [0.15, 0.2) is 97.1 Å². The number of aryl methyl sites for hydroxylation is 2. The van der Waals surface area contributed by atoms with E-state index in [1.807, 2.05) is 70.1 Å². The van der Waals surface area contributed by atoms with Gasteiger partial charge in [0.2, 0.25) is 0 Å². The van der Waals surface area contributed by atoms with Crippen LogP contribution in [0.3, 0.4) is 0 Å². The highest BCUT2D eigenvalue weighted by molar-refractivity contribution is 8.76. The largest absolute Gasteiger partial charge is 0.508 e. The van der Waals surface area contributed by atoms with E-state index in [9.17, 15) is 10.2 Å². The molecule has 0 unspecified atom stereocenters. The molecule has 42 heavy (non-hydrogen) atoms. The first kappa shape index (κ1) is 32.8. The van der Waals surface area contributed by atoms with Crippen molar-refractivity contribution in [3.63, 3.8) is 0 Å². The van der Waals surface area contributed by atoms with Crippen molar-refractivity contribution in [2.24, 2.45) is 0 Å². The molecule has 2 N–H and O–H groups in total. The number of rotatable bonds is 19. The summed E-state index contributed by atoms with van der Waals surface area (Å²) in [4.78, 5) is 0. The van der Waals surface area contributed by atoms with Crippen molar-refractivity contribution in [3.05, 3.63) is 130 Å². The predicted octanol–water partition coefficient (Wildman–Crippen LogP) is 9.69. The van der Waals surface area contributed by atoms with Gasteiger partial charge in [-0.1, -0.05) is 107 Å². The zero-order chi connectivity index (χ0) is 29.2. The van der Waals surface area contributed by atoms with Crippen LogP contribution in [0.25, 0.3) is 0 Å². The number of aromatic hydroxyl groups is 2. The average molecular weight is 635 g/mol. The molecule has 0 atom stereocenters. The molecular weight excluding hydrogens is 593 g/mol. The molecule has 0 aliphatic heterocycles. The van der Waals surface area contributed by atoms with Crippen LogP contribution in [0.2, 0.25) is 0 Å². The van der Waals surface area contributed by atoms with Gasteiger partial charge >= 0.3 is 0 Å². The number of hydrogen-bond donors (Lipinski definition) is 2. The third kappa shape index (κ3) is 12.2. The van der Waals surface area contributed by atoms with Crippen molar-refractivity contribution in [1.82, 2.24) is 0 Å². The molecule has 2 nitrogen and oxygen atoms in total. The lowest BCUT2D eigenvalue weighted by Gasteiger charge is -2.09. The first-order valence-electron chi connectivity index (χ1n) is 14.8. The van der Waals surface area contributed by atoms with E-state index < -0.39 is 0 Å². The molecule has 6 heteroatoms. The minimum Gasteiger partial charge on any atom is -0.508 e. The van der Waals surface area contributed by atoms with Gasteiger partial charge in [0, 0.05) is 35.9 Å². The van der Waals surface area contributed by atoms with Crippen molar-refractivity contribution in [2.75, 3.05) is 34.5 Å². The maximum absolute atomic E-state index is 10.3. The Morgan fingerprint density at radius 1 is 0.429 bits per heavy atom. The van der Waals surface area contributed by atoms with Crippen LogP contribution in [0, 0.1) is 0 Å². The van der Waals surface area contributed by atoms with Gasteiger partial charge in [-0.05, 0) is 82.7 Å². The second kappa shape index (κ2) is 19.2. The van der Waals surface area contributed by atoms with E-state index in [4.69, 9.17) is 0 Å². The van der Waals surface area contributed by atoms with Gasteiger partial charge < -0.3 is 10.2 Å². The fraction of sp³-hybridized carbons (Fsp3) is 0.333. The Labute approximate surface area is 268 Å². The van der Waals surface area contributed by atoms with E-state index in [1.54, 1.807) is 0 Å². The fourth-order valence-corrected chi connectivity index (χ4v) is 9.53. The monoisotopic (exact) mass is 634 g/mol. The smallest absolute Gasteiger partial charge is 0.119 e. The standard InChI is InChI=1S/C36H42O2S4/c37-35-17-15-31(27-33(35)25-29-9-3-1-4-10-29)13-7-19-39-21-23-41-42-24-22-40-20-8-14-32-16-18-36(38)34(28-32)26-30-11-5-2-6-12-30/h1-6,9-12,15-18,27-28,37-38H,7-8,13-14,19-26H2. The quantitative estimate of drug-likeness (QED) is 0.0791. The Balaban J connectivity index is 0.977. The van der Waals surface area contributed by atoms with Crippen molar-refractivity contribution < 1.29 is 10.2 Å². The molecule has 4 rings (SSSR count). The fourth-order valence-electron chi connectivity index (χ4n) is 4.77. The van der Waals surface area contributed by atoms with E-state index in [0.717, 1.165) is 36.8 Å². The molecule has 0 saturated heterocycles. The summed E-state index contributed by atoms with van der Waals surface area (Å²) in [6.45, 7) is 0. The molecule has 0 heterocycles. The lowest BCUT2D eigenvalue weighted by molar-refractivity contribution is 0.468. The number of benzene rings is 4. The van der Waals surface area contributed by atoms with E-state index in [-0.39, 0.29) is 0 Å². The average Bonchev–Trinajstić information content (AvgIpc) is 3.01.